The van der Waals surface area contributed by atoms with Crippen molar-refractivity contribution in [3.05, 3.63) is 12.2 Å². The third-order valence-electron chi connectivity index (χ3n) is 13.5. The Bertz CT molecular complexity index is 1560. The van der Waals surface area contributed by atoms with E-state index >= 15 is 0 Å². The van der Waals surface area contributed by atoms with Crippen LogP contribution in [0.1, 0.15) is 127 Å². The Morgan fingerprint density at radius 3 is 1.39 bits per heavy atom. The van der Waals surface area contributed by atoms with E-state index in [9.17, 15) is 19.2 Å². The van der Waals surface area contributed by atoms with E-state index in [0.717, 1.165) is 51.4 Å². The molecule has 0 amide bonds. The van der Waals surface area contributed by atoms with Gasteiger partial charge in [0.2, 0.25) is 12.2 Å². The molecule has 0 radical (unpaired) electrons. The summed E-state index contributed by atoms with van der Waals surface area (Å²) in [7, 11) is 0. The van der Waals surface area contributed by atoms with Crippen LogP contribution in [0.15, 0.2) is 12.2 Å². The van der Waals surface area contributed by atoms with Gasteiger partial charge in [0.15, 0.2) is 48.6 Å². The molecule has 0 aromatic heterocycles. The molecule has 0 bridgehead atoms. The van der Waals surface area contributed by atoms with Crippen LogP contribution in [-0.2, 0) is 66.5 Å². The molecule has 8 aliphatic rings. The molecule has 8 rings (SSSR count). The number of hydrogen-bond acceptors (Lipinski definition) is 14. The van der Waals surface area contributed by atoms with Crippen molar-refractivity contribution in [2.24, 2.45) is 28.1 Å². The summed E-state index contributed by atoms with van der Waals surface area (Å²) in [5.41, 5.74) is 0.0722. The lowest BCUT2D eigenvalue weighted by molar-refractivity contribution is -0.251. The van der Waals surface area contributed by atoms with Gasteiger partial charge >= 0.3 is 23.9 Å². The standard InChI is InChI=1S/C22H34O7.C20H28O7/c1-7-21(5,6)19(24)27-15-13-14(25-17(15)23)16-18(26-13)29-22(28-16)10-8-12(9-11-22)20(2,3)4;1-10(2)16(21)24-14-12-13(23-17(14)22)15-18(25-12)27-20(26-15)8-6-11(7-9-20)19(3,4)5/h12-16,18H,7-11H2,1-6H3;11-15,18H,1,6-9H2,2-5H3/t12?,13-,14-,15-,16+,18+,22?;11?,12-,13-,14-,15+,18+,20?/m00/s1. The first-order valence-corrected chi connectivity index (χ1v) is 20.6. The van der Waals surface area contributed by atoms with Crippen LogP contribution >= 0.6 is 0 Å². The molecule has 2 saturated carbocycles. The molecule has 6 saturated heterocycles. The fraction of sp³-hybridized carbons (Fsp3) is 0.857. The van der Waals surface area contributed by atoms with E-state index in [0.29, 0.717) is 18.3 Å². The van der Waals surface area contributed by atoms with Gasteiger partial charge in [0.1, 0.15) is 12.2 Å². The van der Waals surface area contributed by atoms with Crippen molar-refractivity contribution < 1.29 is 66.5 Å². The topological polar surface area (TPSA) is 161 Å². The summed E-state index contributed by atoms with van der Waals surface area (Å²) < 4.78 is 58.5. The molecule has 6 aliphatic heterocycles. The molecule has 2 aliphatic carbocycles. The lowest BCUT2D eigenvalue weighted by Gasteiger charge is -2.41. The number of carbonyl (C=O) groups is 4. The van der Waals surface area contributed by atoms with Gasteiger partial charge in [0, 0.05) is 31.3 Å². The summed E-state index contributed by atoms with van der Waals surface area (Å²) in [4.78, 5) is 48.7. The lowest BCUT2D eigenvalue weighted by Crippen LogP contribution is -2.43. The van der Waals surface area contributed by atoms with Gasteiger partial charge in [-0.25, -0.2) is 14.4 Å². The molecule has 56 heavy (non-hydrogen) atoms. The van der Waals surface area contributed by atoms with Gasteiger partial charge in [-0.2, -0.15) is 0 Å². The predicted octanol–water partition coefficient (Wildman–Crippen LogP) is 5.81. The first-order chi connectivity index (χ1) is 26.1. The number of rotatable bonds is 5. The molecule has 14 heteroatoms. The second-order valence-corrected chi connectivity index (χ2v) is 19.9. The van der Waals surface area contributed by atoms with Gasteiger partial charge in [0.25, 0.3) is 0 Å². The highest BCUT2D eigenvalue weighted by atomic mass is 16.9. The monoisotopic (exact) mass is 790 g/mol. The predicted molar refractivity (Wildman–Crippen MR) is 196 cm³/mol. The van der Waals surface area contributed by atoms with Gasteiger partial charge < -0.3 is 47.4 Å². The average molecular weight is 791 g/mol. The minimum atomic E-state index is -1.11. The second-order valence-electron chi connectivity index (χ2n) is 19.9. The van der Waals surface area contributed by atoms with E-state index in [4.69, 9.17) is 47.4 Å². The third-order valence-corrected chi connectivity index (χ3v) is 13.5. The maximum absolute atomic E-state index is 12.4. The molecule has 8 fully saturated rings. The summed E-state index contributed by atoms with van der Waals surface area (Å²) in [6, 6.07) is 0. The fourth-order valence-corrected chi connectivity index (χ4v) is 9.32. The zero-order valence-corrected chi connectivity index (χ0v) is 34.7. The number of hydrogen-bond donors (Lipinski definition) is 0. The molecule has 0 aromatic carbocycles. The van der Waals surface area contributed by atoms with E-state index < -0.39 is 102 Å². The van der Waals surface area contributed by atoms with Crippen LogP contribution in [0.25, 0.3) is 0 Å². The van der Waals surface area contributed by atoms with Crippen LogP contribution in [-0.4, -0.2) is 96.9 Å². The van der Waals surface area contributed by atoms with Crippen molar-refractivity contribution >= 4 is 23.9 Å². The van der Waals surface area contributed by atoms with E-state index in [1.807, 2.05) is 6.92 Å². The SMILES string of the molecule is C=C(C)C(=O)O[C@@H]1C(=O)O[C@@H]2[C@H]3OC4(CCC(C(C)(C)C)CC4)O[C@H]3O[C@@H]21.CCC(C)(C)C(=O)O[C@@H]1C(=O)O[C@@H]2[C@H]3OC4(CCC(C(C)(C)C)CC4)O[C@H]3O[C@@H]21. The van der Waals surface area contributed by atoms with Crippen LogP contribution in [0, 0.1) is 28.1 Å². The van der Waals surface area contributed by atoms with Crippen molar-refractivity contribution in [3.63, 3.8) is 0 Å². The van der Waals surface area contributed by atoms with E-state index in [-0.39, 0.29) is 16.4 Å². The van der Waals surface area contributed by atoms with Crippen molar-refractivity contribution in [1.29, 1.82) is 0 Å². The van der Waals surface area contributed by atoms with Crippen molar-refractivity contribution in [2.75, 3.05) is 0 Å². The minimum absolute atomic E-state index is 0.214. The van der Waals surface area contributed by atoms with Crippen LogP contribution in [0.4, 0.5) is 0 Å². The highest BCUT2D eigenvalue weighted by Gasteiger charge is 2.67. The van der Waals surface area contributed by atoms with Crippen molar-refractivity contribution in [2.45, 2.75) is 200 Å². The molecule has 0 N–H and O–H groups in total. The molecule has 314 valence electrons. The quantitative estimate of drug-likeness (QED) is 0.187. The molecular weight excluding hydrogens is 728 g/mol. The maximum Gasteiger partial charge on any atom is 0.350 e. The first kappa shape index (κ1) is 41.5. The van der Waals surface area contributed by atoms with Crippen LogP contribution in [0.5, 0.6) is 0 Å². The number of fused-ring (bicyclic) bond motifs is 6. The molecular formula is C42H62O14. The smallest absolute Gasteiger partial charge is 0.350 e. The third kappa shape index (κ3) is 7.67. The van der Waals surface area contributed by atoms with Gasteiger partial charge in [-0.3, -0.25) is 4.79 Å². The molecule has 0 unspecified atom stereocenters. The summed E-state index contributed by atoms with van der Waals surface area (Å²) in [5.74, 6) is -2.32. The Labute approximate surface area is 330 Å². The molecule has 14 nitrogen and oxygen atoms in total. The summed E-state index contributed by atoms with van der Waals surface area (Å²) >= 11 is 0. The summed E-state index contributed by atoms with van der Waals surface area (Å²) in [5, 5.41) is 0. The highest BCUT2D eigenvalue weighted by Crippen LogP contribution is 2.53. The normalized spacial score (nSPS) is 42.6. The second kappa shape index (κ2) is 14.6. The van der Waals surface area contributed by atoms with Gasteiger partial charge in [-0.15, -0.1) is 0 Å². The Hall–Kier alpha value is -2.62. The zero-order valence-electron chi connectivity index (χ0n) is 34.7. The Morgan fingerprint density at radius 1 is 0.643 bits per heavy atom. The average Bonchev–Trinajstić information content (AvgIpc) is 3.92. The molecule has 10 atom stereocenters. The van der Waals surface area contributed by atoms with Crippen LogP contribution < -0.4 is 0 Å². The molecule has 0 aromatic rings. The lowest BCUT2D eigenvalue weighted by atomic mass is 9.71. The number of carbonyl (C=O) groups excluding carboxylic acids is 4. The molecule has 6 heterocycles. The largest absolute Gasteiger partial charge is 0.454 e. The van der Waals surface area contributed by atoms with E-state index in [1.165, 1.54) is 6.92 Å². The summed E-state index contributed by atoms with van der Waals surface area (Å²) in [6.45, 7) is 24.1. The fourth-order valence-electron chi connectivity index (χ4n) is 9.32. The zero-order chi connectivity index (χ0) is 40.7. The minimum Gasteiger partial charge on any atom is -0.454 e. The van der Waals surface area contributed by atoms with Crippen LogP contribution in [0.3, 0.4) is 0 Å². The number of ether oxygens (including phenoxy) is 10. The van der Waals surface area contributed by atoms with Gasteiger partial charge in [-0.1, -0.05) is 55.0 Å². The van der Waals surface area contributed by atoms with Crippen LogP contribution in [0.2, 0.25) is 0 Å². The van der Waals surface area contributed by atoms with E-state index in [1.54, 1.807) is 13.8 Å². The Morgan fingerprint density at radius 2 is 1.04 bits per heavy atom. The maximum atomic E-state index is 12.4. The highest BCUT2D eigenvalue weighted by molar-refractivity contribution is 5.90. The van der Waals surface area contributed by atoms with Crippen molar-refractivity contribution in [1.82, 2.24) is 0 Å². The summed E-state index contributed by atoms with van der Waals surface area (Å²) in [6.07, 6.45) is 0.973. The van der Waals surface area contributed by atoms with Gasteiger partial charge in [0.05, 0.1) is 5.41 Å². The Balaban J connectivity index is 0.000000172. The van der Waals surface area contributed by atoms with Gasteiger partial charge in [-0.05, 0) is 75.5 Å². The van der Waals surface area contributed by atoms with E-state index in [2.05, 4.69) is 48.1 Å². The number of esters is 4. The van der Waals surface area contributed by atoms with Crippen molar-refractivity contribution in [3.8, 4) is 0 Å². The molecule has 2 spiro atoms. The first-order valence-electron chi connectivity index (χ1n) is 20.6. The Kier molecular flexibility index (Phi) is 10.8.